The highest BCUT2D eigenvalue weighted by atomic mass is 16.4. The number of anilines is 1. The number of carbonyl (C=O) groups is 2. The van der Waals surface area contributed by atoms with Crippen LogP contribution in [0.5, 0.6) is 5.75 Å². The van der Waals surface area contributed by atoms with Crippen LogP contribution in [0.3, 0.4) is 0 Å². The maximum atomic E-state index is 12.4. The summed E-state index contributed by atoms with van der Waals surface area (Å²) < 4.78 is 0. The van der Waals surface area contributed by atoms with Gasteiger partial charge in [0.05, 0.1) is 0 Å². The van der Waals surface area contributed by atoms with Gasteiger partial charge in [-0.2, -0.15) is 0 Å². The summed E-state index contributed by atoms with van der Waals surface area (Å²) in [5.41, 5.74) is 0.721. The molecule has 0 aliphatic heterocycles. The second-order valence-corrected chi connectivity index (χ2v) is 4.17. The van der Waals surface area contributed by atoms with Gasteiger partial charge in [-0.15, -0.1) is 0 Å². The number of benzene rings is 2. The first-order chi connectivity index (χ1) is 9.58. The third kappa shape index (κ3) is 3.14. The summed E-state index contributed by atoms with van der Waals surface area (Å²) in [6.45, 7) is -0.475. The lowest BCUT2D eigenvalue weighted by Gasteiger charge is -2.21. The van der Waals surface area contributed by atoms with E-state index >= 15 is 0 Å². The number of aliphatic carboxylic acids is 1. The van der Waals surface area contributed by atoms with E-state index < -0.39 is 18.4 Å². The molecule has 2 aromatic carbocycles. The fraction of sp³-hybridized carbons (Fsp3) is 0.0667. The number of hydrogen-bond acceptors (Lipinski definition) is 3. The quantitative estimate of drug-likeness (QED) is 0.892. The molecule has 2 aromatic rings. The Morgan fingerprint density at radius 3 is 2.30 bits per heavy atom. The number of aromatic hydroxyl groups is 1. The fourth-order valence-corrected chi connectivity index (χ4v) is 1.81. The molecule has 0 unspecified atom stereocenters. The summed E-state index contributed by atoms with van der Waals surface area (Å²) in [5.74, 6) is -1.59. The number of amides is 1. The molecular formula is C15H13NO4. The molecule has 102 valence electrons. The largest absolute Gasteiger partial charge is 0.508 e. The van der Waals surface area contributed by atoms with Crippen LogP contribution in [0.25, 0.3) is 0 Å². The van der Waals surface area contributed by atoms with Crippen molar-refractivity contribution < 1.29 is 19.8 Å². The van der Waals surface area contributed by atoms with E-state index in [1.165, 1.54) is 12.1 Å². The van der Waals surface area contributed by atoms with Crippen LogP contribution >= 0.6 is 0 Å². The van der Waals surface area contributed by atoms with Gasteiger partial charge in [-0.1, -0.05) is 24.3 Å². The molecule has 0 heterocycles. The van der Waals surface area contributed by atoms with E-state index in [0.29, 0.717) is 11.3 Å². The molecule has 5 heteroatoms. The molecule has 1 amide bonds. The number of phenols is 1. The number of nitrogens with zero attached hydrogens (tertiary/aromatic N) is 1. The Bertz CT molecular complexity index is 625. The van der Waals surface area contributed by atoms with E-state index in [4.69, 9.17) is 5.11 Å². The lowest BCUT2D eigenvalue weighted by atomic mass is 10.1. The minimum atomic E-state index is -1.13. The molecule has 2 N–H and O–H groups in total. The molecule has 0 aliphatic rings. The summed E-state index contributed by atoms with van der Waals surface area (Å²) in [5, 5.41) is 18.4. The standard InChI is InChI=1S/C15H13NO4/c17-13-8-4-7-12(9-13)16(10-14(18)19)15(20)11-5-2-1-3-6-11/h1-9,17H,10H2,(H,18,19). The highest BCUT2D eigenvalue weighted by Crippen LogP contribution is 2.21. The minimum absolute atomic E-state index is 0.0289. The predicted molar refractivity (Wildman–Crippen MR) is 73.9 cm³/mol. The van der Waals surface area contributed by atoms with Gasteiger partial charge in [-0.3, -0.25) is 14.5 Å². The molecular weight excluding hydrogens is 258 g/mol. The van der Waals surface area contributed by atoms with Gasteiger partial charge in [0.25, 0.3) is 5.91 Å². The summed E-state index contributed by atoms with van der Waals surface area (Å²) >= 11 is 0. The van der Waals surface area contributed by atoms with Crippen molar-refractivity contribution in [3.63, 3.8) is 0 Å². The average molecular weight is 271 g/mol. The maximum Gasteiger partial charge on any atom is 0.323 e. The van der Waals surface area contributed by atoms with Gasteiger partial charge in [-0.05, 0) is 24.3 Å². The summed E-state index contributed by atoms with van der Waals surface area (Å²) in [6.07, 6.45) is 0. The molecule has 0 fully saturated rings. The highest BCUT2D eigenvalue weighted by Gasteiger charge is 2.20. The van der Waals surface area contributed by atoms with Crippen LogP contribution in [-0.2, 0) is 4.79 Å². The molecule has 0 atom stereocenters. The van der Waals surface area contributed by atoms with Gasteiger partial charge in [0.2, 0.25) is 0 Å². The minimum Gasteiger partial charge on any atom is -0.508 e. The second kappa shape index (κ2) is 5.88. The molecule has 0 saturated carbocycles. The van der Waals surface area contributed by atoms with Crippen molar-refractivity contribution in [2.75, 3.05) is 11.4 Å². The molecule has 0 bridgehead atoms. The Hall–Kier alpha value is -2.82. The number of carboxylic acid groups (broad SMARTS) is 1. The van der Waals surface area contributed by atoms with E-state index in [0.717, 1.165) is 4.90 Å². The Morgan fingerprint density at radius 2 is 1.70 bits per heavy atom. The zero-order valence-electron chi connectivity index (χ0n) is 10.6. The van der Waals surface area contributed by atoms with E-state index in [2.05, 4.69) is 0 Å². The van der Waals surface area contributed by atoms with Crippen LogP contribution in [0.1, 0.15) is 10.4 Å². The number of rotatable bonds is 4. The van der Waals surface area contributed by atoms with Gasteiger partial charge >= 0.3 is 5.97 Å². The first kappa shape index (κ1) is 13.6. The normalized spacial score (nSPS) is 10.0. The van der Waals surface area contributed by atoms with Crippen molar-refractivity contribution in [2.45, 2.75) is 0 Å². The van der Waals surface area contributed by atoms with Crippen LogP contribution < -0.4 is 4.90 Å². The third-order valence-corrected chi connectivity index (χ3v) is 2.70. The number of carbonyl (C=O) groups excluding carboxylic acids is 1. The second-order valence-electron chi connectivity index (χ2n) is 4.17. The van der Waals surface area contributed by atoms with Crippen molar-refractivity contribution in [1.29, 1.82) is 0 Å². The van der Waals surface area contributed by atoms with Crippen molar-refractivity contribution in [2.24, 2.45) is 0 Å². The lowest BCUT2D eigenvalue weighted by Crippen LogP contribution is -2.35. The van der Waals surface area contributed by atoms with Crippen LogP contribution in [0.15, 0.2) is 54.6 Å². The van der Waals surface area contributed by atoms with Crippen LogP contribution in [0.4, 0.5) is 5.69 Å². The predicted octanol–water partition coefficient (Wildman–Crippen LogP) is 2.12. The van der Waals surface area contributed by atoms with E-state index in [9.17, 15) is 14.7 Å². The summed E-state index contributed by atoms with van der Waals surface area (Å²) in [4.78, 5) is 24.4. The fourth-order valence-electron chi connectivity index (χ4n) is 1.81. The summed E-state index contributed by atoms with van der Waals surface area (Å²) in [7, 11) is 0. The molecule has 5 nitrogen and oxygen atoms in total. The first-order valence-electron chi connectivity index (χ1n) is 5.95. The first-order valence-corrected chi connectivity index (χ1v) is 5.95. The number of phenolic OH excluding ortho intramolecular Hbond substituents is 1. The maximum absolute atomic E-state index is 12.4. The van der Waals surface area contributed by atoms with E-state index in [-0.39, 0.29) is 5.75 Å². The van der Waals surface area contributed by atoms with Crippen LogP contribution in [0, 0.1) is 0 Å². The molecule has 0 aliphatic carbocycles. The topological polar surface area (TPSA) is 77.8 Å². The average Bonchev–Trinajstić information content (AvgIpc) is 2.45. The molecule has 0 spiro atoms. The summed E-state index contributed by atoms with van der Waals surface area (Å²) in [6, 6.07) is 14.3. The molecule has 0 aromatic heterocycles. The smallest absolute Gasteiger partial charge is 0.323 e. The number of carboxylic acids is 1. The molecule has 2 rings (SSSR count). The Kier molecular flexibility index (Phi) is 4.00. The van der Waals surface area contributed by atoms with Crippen molar-refractivity contribution >= 4 is 17.6 Å². The van der Waals surface area contributed by atoms with Gasteiger partial charge in [-0.25, -0.2) is 0 Å². The Labute approximate surface area is 115 Å². The Morgan fingerprint density at radius 1 is 1.00 bits per heavy atom. The van der Waals surface area contributed by atoms with E-state index in [1.54, 1.807) is 42.5 Å². The zero-order chi connectivity index (χ0) is 14.5. The van der Waals surface area contributed by atoms with Gasteiger partial charge in [0, 0.05) is 17.3 Å². The van der Waals surface area contributed by atoms with E-state index in [1.807, 2.05) is 0 Å². The van der Waals surface area contributed by atoms with Crippen LogP contribution in [0.2, 0.25) is 0 Å². The van der Waals surface area contributed by atoms with Crippen molar-refractivity contribution in [3.05, 3.63) is 60.2 Å². The monoisotopic (exact) mass is 271 g/mol. The zero-order valence-corrected chi connectivity index (χ0v) is 10.6. The van der Waals surface area contributed by atoms with Gasteiger partial charge < -0.3 is 10.2 Å². The SMILES string of the molecule is O=C(O)CN(C(=O)c1ccccc1)c1cccc(O)c1. The van der Waals surface area contributed by atoms with Crippen molar-refractivity contribution in [1.82, 2.24) is 0 Å². The molecule has 20 heavy (non-hydrogen) atoms. The third-order valence-electron chi connectivity index (χ3n) is 2.70. The Balaban J connectivity index is 2.38. The molecule has 0 radical (unpaired) electrons. The highest BCUT2D eigenvalue weighted by molar-refractivity contribution is 6.08. The van der Waals surface area contributed by atoms with Gasteiger partial charge in [0.15, 0.2) is 0 Å². The van der Waals surface area contributed by atoms with Gasteiger partial charge in [0.1, 0.15) is 12.3 Å². The number of hydrogen-bond donors (Lipinski definition) is 2. The van der Waals surface area contributed by atoms with Crippen LogP contribution in [-0.4, -0.2) is 28.6 Å². The lowest BCUT2D eigenvalue weighted by molar-refractivity contribution is -0.135. The molecule has 0 saturated heterocycles. The van der Waals surface area contributed by atoms with Crippen molar-refractivity contribution in [3.8, 4) is 5.75 Å².